The number of hydrogen-bond donors (Lipinski definition) is 0. The first kappa shape index (κ1) is 18.1. The molecule has 0 aliphatic rings. The first-order valence-corrected chi connectivity index (χ1v) is 7.83. The Morgan fingerprint density at radius 1 is 1.16 bits per heavy atom. The fourth-order valence-electron chi connectivity index (χ4n) is 2.12. The van der Waals surface area contributed by atoms with E-state index in [-0.39, 0.29) is 6.61 Å². The van der Waals surface area contributed by atoms with E-state index < -0.39 is 5.97 Å². The fourth-order valence-corrected chi connectivity index (χ4v) is 2.12. The number of hydrogen-bond acceptors (Lipinski definition) is 5. The highest BCUT2D eigenvalue weighted by Gasteiger charge is 2.05. The van der Waals surface area contributed by atoms with E-state index in [2.05, 4.69) is 6.92 Å². The first-order valence-electron chi connectivity index (χ1n) is 7.83. The normalized spacial score (nSPS) is 10.3. The van der Waals surface area contributed by atoms with Gasteiger partial charge in [-0.1, -0.05) is 25.1 Å². The van der Waals surface area contributed by atoms with Crippen LogP contribution in [-0.2, 0) is 11.2 Å². The Hall–Kier alpha value is -3.26. The van der Waals surface area contributed by atoms with Gasteiger partial charge in [-0.2, -0.15) is 5.26 Å². The quantitative estimate of drug-likeness (QED) is 0.437. The van der Waals surface area contributed by atoms with Crippen LogP contribution < -0.4 is 14.2 Å². The van der Waals surface area contributed by atoms with Crippen LogP contribution in [0.2, 0.25) is 0 Å². The lowest BCUT2D eigenvalue weighted by Crippen LogP contribution is -2.03. The molecule has 0 radical (unpaired) electrons. The molecule has 0 heterocycles. The molecule has 0 aromatic heterocycles. The van der Waals surface area contributed by atoms with Gasteiger partial charge in [-0.05, 0) is 47.9 Å². The summed E-state index contributed by atoms with van der Waals surface area (Å²) in [7, 11) is 1.51. The van der Waals surface area contributed by atoms with Crippen molar-refractivity contribution >= 4 is 12.0 Å². The van der Waals surface area contributed by atoms with Gasteiger partial charge < -0.3 is 14.2 Å². The zero-order valence-electron chi connectivity index (χ0n) is 14.2. The average molecular weight is 337 g/mol. The molecule has 0 fully saturated rings. The average Bonchev–Trinajstić information content (AvgIpc) is 2.65. The van der Waals surface area contributed by atoms with Gasteiger partial charge in [0.15, 0.2) is 18.1 Å². The molecule has 2 aromatic carbocycles. The van der Waals surface area contributed by atoms with Crippen LogP contribution in [0.4, 0.5) is 0 Å². The summed E-state index contributed by atoms with van der Waals surface area (Å²) in [6, 6.07) is 14.5. The summed E-state index contributed by atoms with van der Waals surface area (Å²) in [5.74, 6) is 0.999. The molecule has 0 saturated carbocycles. The smallest absolute Gasteiger partial charge is 0.336 e. The zero-order chi connectivity index (χ0) is 18.1. The Kier molecular flexibility index (Phi) is 6.61. The molecule has 0 bridgehead atoms. The van der Waals surface area contributed by atoms with Crippen LogP contribution in [0.15, 0.2) is 48.5 Å². The number of carbonyl (C=O) groups is 1. The largest absolute Gasteiger partial charge is 0.493 e. The lowest BCUT2D eigenvalue weighted by molar-refractivity contribution is -0.128. The van der Waals surface area contributed by atoms with Crippen molar-refractivity contribution in [1.82, 2.24) is 0 Å². The van der Waals surface area contributed by atoms with Crippen LogP contribution in [0.1, 0.15) is 18.1 Å². The lowest BCUT2D eigenvalue weighted by Gasteiger charge is -2.08. The molecule has 25 heavy (non-hydrogen) atoms. The van der Waals surface area contributed by atoms with E-state index in [1.165, 1.54) is 18.7 Å². The first-order chi connectivity index (χ1) is 12.2. The van der Waals surface area contributed by atoms with E-state index in [0.29, 0.717) is 17.2 Å². The maximum Gasteiger partial charge on any atom is 0.336 e. The predicted octanol–water partition coefficient (Wildman–Crippen LogP) is 3.78. The highest BCUT2D eigenvalue weighted by Crippen LogP contribution is 2.28. The molecule has 2 aromatic rings. The lowest BCUT2D eigenvalue weighted by atomic mass is 10.2. The van der Waals surface area contributed by atoms with E-state index >= 15 is 0 Å². The standard InChI is InChI=1S/C20H19NO4/c1-3-15-4-8-17(9-5-15)25-20(22)11-7-16-6-10-18(24-13-12-21)19(14-16)23-2/h4-11,14H,3,13H2,1-2H3/b11-7+. The highest BCUT2D eigenvalue weighted by atomic mass is 16.5. The van der Waals surface area contributed by atoms with Crippen molar-refractivity contribution in [3.8, 4) is 23.3 Å². The number of methoxy groups -OCH3 is 1. The van der Waals surface area contributed by atoms with Gasteiger partial charge in [-0.15, -0.1) is 0 Å². The Morgan fingerprint density at radius 3 is 2.56 bits per heavy atom. The van der Waals surface area contributed by atoms with Gasteiger partial charge >= 0.3 is 5.97 Å². The Labute approximate surface area is 147 Å². The summed E-state index contributed by atoms with van der Waals surface area (Å²) in [6.07, 6.45) is 3.90. The van der Waals surface area contributed by atoms with Gasteiger partial charge in [0.1, 0.15) is 11.8 Å². The van der Waals surface area contributed by atoms with Crippen molar-refractivity contribution in [2.45, 2.75) is 13.3 Å². The summed E-state index contributed by atoms with van der Waals surface area (Å²) in [6.45, 7) is 2.00. The summed E-state index contributed by atoms with van der Waals surface area (Å²) >= 11 is 0. The molecule has 0 amide bonds. The number of benzene rings is 2. The minimum absolute atomic E-state index is 0.0608. The number of nitriles is 1. The zero-order valence-corrected chi connectivity index (χ0v) is 14.2. The number of esters is 1. The molecule has 128 valence electrons. The van der Waals surface area contributed by atoms with Crippen molar-refractivity contribution in [3.63, 3.8) is 0 Å². The van der Waals surface area contributed by atoms with Crippen molar-refractivity contribution in [3.05, 3.63) is 59.7 Å². The minimum atomic E-state index is -0.465. The van der Waals surface area contributed by atoms with Crippen molar-refractivity contribution in [2.75, 3.05) is 13.7 Å². The van der Waals surface area contributed by atoms with Gasteiger partial charge in [-0.25, -0.2) is 4.79 Å². The predicted molar refractivity (Wildman–Crippen MR) is 94.6 cm³/mol. The Morgan fingerprint density at radius 2 is 1.92 bits per heavy atom. The number of carbonyl (C=O) groups excluding carboxylic acids is 1. The van der Waals surface area contributed by atoms with E-state index in [4.69, 9.17) is 19.5 Å². The van der Waals surface area contributed by atoms with Gasteiger partial charge in [0.25, 0.3) is 0 Å². The van der Waals surface area contributed by atoms with Crippen molar-refractivity contribution < 1.29 is 19.0 Å². The summed E-state index contributed by atoms with van der Waals surface area (Å²) in [5, 5.41) is 8.56. The van der Waals surface area contributed by atoms with Gasteiger partial charge in [0.05, 0.1) is 7.11 Å². The second-order valence-corrected chi connectivity index (χ2v) is 5.11. The second kappa shape index (κ2) is 9.14. The van der Waals surface area contributed by atoms with E-state index in [1.807, 2.05) is 18.2 Å². The number of nitrogens with zero attached hydrogens (tertiary/aromatic N) is 1. The van der Waals surface area contributed by atoms with Gasteiger partial charge in [-0.3, -0.25) is 0 Å². The molecule has 0 aliphatic carbocycles. The van der Waals surface area contributed by atoms with Crippen molar-refractivity contribution in [1.29, 1.82) is 5.26 Å². The van der Waals surface area contributed by atoms with Crippen molar-refractivity contribution in [2.24, 2.45) is 0 Å². The molecule has 0 unspecified atom stereocenters. The third-order valence-corrected chi connectivity index (χ3v) is 3.44. The van der Waals surface area contributed by atoms with Gasteiger partial charge in [0.2, 0.25) is 0 Å². The molecular weight excluding hydrogens is 318 g/mol. The molecular formula is C20H19NO4. The molecule has 0 saturated heterocycles. The maximum absolute atomic E-state index is 11.9. The third kappa shape index (κ3) is 5.40. The van der Waals surface area contributed by atoms with Crippen LogP contribution in [0, 0.1) is 11.3 Å². The van der Waals surface area contributed by atoms with Crippen LogP contribution in [0.25, 0.3) is 6.08 Å². The number of ether oxygens (including phenoxy) is 3. The number of aryl methyl sites for hydroxylation is 1. The monoisotopic (exact) mass is 337 g/mol. The highest BCUT2D eigenvalue weighted by molar-refractivity contribution is 5.88. The van der Waals surface area contributed by atoms with E-state index in [9.17, 15) is 4.79 Å². The molecule has 0 atom stereocenters. The van der Waals surface area contributed by atoms with Crippen LogP contribution in [0.5, 0.6) is 17.2 Å². The van der Waals surface area contributed by atoms with E-state index in [0.717, 1.165) is 12.0 Å². The summed E-state index contributed by atoms with van der Waals surface area (Å²) < 4.78 is 15.7. The molecule has 5 nitrogen and oxygen atoms in total. The van der Waals surface area contributed by atoms with Crippen LogP contribution in [0.3, 0.4) is 0 Å². The molecule has 5 heteroatoms. The fraction of sp³-hybridized carbons (Fsp3) is 0.200. The maximum atomic E-state index is 11.9. The van der Waals surface area contributed by atoms with Crippen LogP contribution >= 0.6 is 0 Å². The SMILES string of the molecule is CCc1ccc(OC(=O)/C=C/c2ccc(OCC#N)c(OC)c2)cc1. The Bertz CT molecular complexity index is 788. The minimum Gasteiger partial charge on any atom is -0.493 e. The van der Waals surface area contributed by atoms with Gasteiger partial charge in [0, 0.05) is 6.08 Å². The molecule has 0 spiro atoms. The molecule has 0 aliphatic heterocycles. The van der Waals surface area contributed by atoms with E-state index in [1.54, 1.807) is 36.4 Å². The molecule has 0 N–H and O–H groups in total. The third-order valence-electron chi connectivity index (χ3n) is 3.44. The summed E-state index contributed by atoms with van der Waals surface area (Å²) in [4.78, 5) is 11.9. The second-order valence-electron chi connectivity index (χ2n) is 5.11. The topological polar surface area (TPSA) is 68.5 Å². The number of rotatable bonds is 7. The Balaban J connectivity index is 2.02. The molecule has 2 rings (SSSR count). The van der Waals surface area contributed by atoms with Crippen LogP contribution in [-0.4, -0.2) is 19.7 Å². The summed E-state index contributed by atoms with van der Waals surface area (Å²) in [5.41, 5.74) is 1.93.